The molecule has 0 amide bonds. The molecule has 0 bridgehead atoms. The van der Waals surface area contributed by atoms with Gasteiger partial charge in [0.2, 0.25) is 0 Å². The van der Waals surface area contributed by atoms with Gasteiger partial charge in [-0.2, -0.15) is 0 Å². The average molecular weight is 289 g/mol. The van der Waals surface area contributed by atoms with Crippen molar-refractivity contribution in [1.29, 1.82) is 0 Å². The van der Waals surface area contributed by atoms with Gasteiger partial charge in [0, 0.05) is 17.9 Å². The van der Waals surface area contributed by atoms with E-state index in [0.29, 0.717) is 11.8 Å². The van der Waals surface area contributed by atoms with Crippen molar-refractivity contribution in [2.45, 2.75) is 38.8 Å². The Hall–Kier alpha value is -1.43. The lowest BCUT2D eigenvalue weighted by Gasteiger charge is -2.51. The molecule has 20 heavy (non-hydrogen) atoms. The summed E-state index contributed by atoms with van der Waals surface area (Å²) in [6.45, 7) is 4.20. The van der Waals surface area contributed by atoms with Gasteiger partial charge in [-0.15, -0.1) is 13.2 Å². The first kappa shape index (κ1) is 15.0. The van der Waals surface area contributed by atoms with E-state index in [1.165, 1.54) is 24.3 Å². The van der Waals surface area contributed by atoms with Gasteiger partial charge in [-0.05, 0) is 31.3 Å². The van der Waals surface area contributed by atoms with Crippen LogP contribution in [0, 0.1) is 5.41 Å². The van der Waals surface area contributed by atoms with Gasteiger partial charge in [0.1, 0.15) is 17.6 Å². The van der Waals surface area contributed by atoms with Crippen molar-refractivity contribution >= 4 is 0 Å². The molecular formula is C14H18F3NO2. The molecule has 112 valence electrons. The van der Waals surface area contributed by atoms with Crippen LogP contribution in [0.1, 0.15) is 20.3 Å². The van der Waals surface area contributed by atoms with Gasteiger partial charge in [0.05, 0.1) is 0 Å². The van der Waals surface area contributed by atoms with Crippen LogP contribution in [0.4, 0.5) is 13.2 Å². The molecular weight excluding hydrogens is 271 g/mol. The summed E-state index contributed by atoms with van der Waals surface area (Å²) in [6, 6.07) is 5.88. The van der Waals surface area contributed by atoms with E-state index in [1.807, 2.05) is 7.05 Å². The Bertz CT molecular complexity index is 456. The van der Waals surface area contributed by atoms with Crippen LogP contribution in [-0.4, -0.2) is 25.6 Å². The molecule has 1 aromatic carbocycles. The zero-order valence-corrected chi connectivity index (χ0v) is 11.6. The largest absolute Gasteiger partial charge is 0.573 e. The van der Waals surface area contributed by atoms with E-state index in [9.17, 15) is 13.2 Å². The van der Waals surface area contributed by atoms with Gasteiger partial charge in [-0.25, -0.2) is 0 Å². The highest BCUT2D eigenvalue weighted by atomic mass is 19.4. The van der Waals surface area contributed by atoms with Gasteiger partial charge in [-0.3, -0.25) is 0 Å². The lowest BCUT2D eigenvalue weighted by atomic mass is 9.64. The molecule has 3 nitrogen and oxygen atoms in total. The first-order valence-corrected chi connectivity index (χ1v) is 6.42. The van der Waals surface area contributed by atoms with Crippen LogP contribution >= 0.6 is 0 Å². The van der Waals surface area contributed by atoms with Gasteiger partial charge in [0.15, 0.2) is 0 Å². The fourth-order valence-corrected chi connectivity index (χ4v) is 2.46. The number of ether oxygens (including phenoxy) is 2. The lowest BCUT2D eigenvalue weighted by molar-refractivity contribution is -0.274. The monoisotopic (exact) mass is 289 g/mol. The Balaban J connectivity index is 1.95. The number of hydrogen-bond donors (Lipinski definition) is 1. The smallest absolute Gasteiger partial charge is 0.490 e. The van der Waals surface area contributed by atoms with E-state index in [0.717, 1.165) is 6.42 Å². The summed E-state index contributed by atoms with van der Waals surface area (Å²) in [7, 11) is 1.91. The van der Waals surface area contributed by atoms with Crippen LogP contribution in [0.25, 0.3) is 0 Å². The maximum atomic E-state index is 12.0. The zero-order valence-electron chi connectivity index (χ0n) is 11.6. The lowest BCUT2D eigenvalue weighted by Crippen LogP contribution is -2.61. The Labute approximate surface area is 116 Å². The summed E-state index contributed by atoms with van der Waals surface area (Å²) in [5.74, 6) is 0.304. The van der Waals surface area contributed by atoms with Gasteiger partial charge in [0.25, 0.3) is 0 Å². The second-order valence-corrected chi connectivity index (χ2v) is 5.52. The van der Waals surface area contributed by atoms with Crippen molar-refractivity contribution in [2.24, 2.45) is 5.41 Å². The summed E-state index contributed by atoms with van der Waals surface area (Å²) in [5.41, 5.74) is -0.00408. The fourth-order valence-electron chi connectivity index (χ4n) is 2.46. The van der Waals surface area contributed by atoms with Crippen molar-refractivity contribution in [1.82, 2.24) is 5.32 Å². The maximum absolute atomic E-state index is 12.0. The highest BCUT2D eigenvalue weighted by molar-refractivity contribution is 5.32. The van der Waals surface area contributed by atoms with Crippen molar-refractivity contribution < 1.29 is 22.6 Å². The average Bonchev–Trinajstić information content (AvgIpc) is 2.34. The molecule has 1 saturated carbocycles. The first-order chi connectivity index (χ1) is 9.22. The molecule has 2 atom stereocenters. The van der Waals surface area contributed by atoms with Crippen LogP contribution in [0.3, 0.4) is 0 Å². The molecule has 0 saturated heterocycles. The second kappa shape index (κ2) is 5.16. The third kappa shape index (κ3) is 3.17. The molecule has 1 N–H and O–H groups in total. The van der Waals surface area contributed by atoms with Gasteiger partial charge in [-0.1, -0.05) is 13.8 Å². The molecule has 6 heteroatoms. The Morgan fingerprint density at radius 1 is 1.15 bits per heavy atom. The molecule has 0 aliphatic heterocycles. The highest BCUT2D eigenvalue weighted by Gasteiger charge is 2.49. The van der Waals surface area contributed by atoms with E-state index in [-0.39, 0.29) is 17.3 Å². The first-order valence-electron chi connectivity index (χ1n) is 6.42. The maximum Gasteiger partial charge on any atom is 0.573 e. The van der Waals surface area contributed by atoms with E-state index < -0.39 is 6.36 Å². The fraction of sp³-hybridized carbons (Fsp3) is 0.571. The van der Waals surface area contributed by atoms with Crippen LogP contribution in [-0.2, 0) is 0 Å². The predicted octanol–water partition coefficient (Wildman–Crippen LogP) is 3.35. The van der Waals surface area contributed by atoms with Crippen LogP contribution < -0.4 is 14.8 Å². The third-order valence-corrected chi connectivity index (χ3v) is 3.86. The summed E-state index contributed by atoms with van der Waals surface area (Å²) >= 11 is 0. The van der Waals surface area contributed by atoms with Crippen LogP contribution in [0.15, 0.2) is 24.3 Å². The molecule has 1 aromatic rings. The van der Waals surface area contributed by atoms with E-state index in [1.54, 1.807) is 0 Å². The topological polar surface area (TPSA) is 30.5 Å². The molecule has 2 rings (SSSR count). The SMILES string of the molecule is CNC1CC(Oc2ccc(OC(F)(F)F)cc2)C1(C)C. The molecule has 0 heterocycles. The quantitative estimate of drug-likeness (QED) is 0.922. The summed E-state index contributed by atoms with van der Waals surface area (Å²) in [4.78, 5) is 0. The minimum absolute atomic E-state index is 0.00408. The van der Waals surface area contributed by atoms with E-state index in [2.05, 4.69) is 23.9 Å². The minimum atomic E-state index is -4.67. The zero-order chi connectivity index (χ0) is 15.0. The molecule has 0 radical (unpaired) electrons. The molecule has 1 aliphatic rings. The summed E-state index contributed by atoms with van der Waals surface area (Å²) in [6.07, 6.45) is -3.74. The molecule has 1 aliphatic carbocycles. The van der Waals surface area contributed by atoms with Gasteiger partial charge < -0.3 is 14.8 Å². The molecule has 2 unspecified atom stereocenters. The normalized spacial score (nSPS) is 24.9. The molecule has 1 fully saturated rings. The number of hydrogen-bond acceptors (Lipinski definition) is 3. The number of benzene rings is 1. The Kier molecular flexibility index (Phi) is 3.86. The molecule has 0 spiro atoms. The summed E-state index contributed by atoms with van der Waals surface area (Å²) < 4.78 is 45.7. The van der Waals surface area contributed by atoms with E-state index >= 15 is 0 Å². The minimum Gasteiger partial charge on any atom is -0.490 e. The van der Waals surface area contributed by atoms with Crippen LogP contribution in [0.5, 0.6) is 11.5 Å². The van der Waals surface area contributed by atoms with Gasteiger partial charge >= 0.3 is 6.36 Å². The Morgan fingerprint density at radius 3 is 2.15 bits per heavy atom. The second-order valence-electron chi connectivity index (χ2n) is 5.52. The number of halogens is 3. The number of alkyl halides is 3. The molecule has 0 aromatic heterocycles. The van der Waals surface area contributed by atoms with E-state index in [4.69, 9.17) is 4.74 Å². The number of rotatable bonds is 4. The number of nitrogens with one attached hydrogen (secondary N) is 1. The van der Waals surface area contributed by atoms with Crippen molar-refractivity contribution in [2.75, 3.05) is 7.05 Å². The van der Waals surface area contributed by atoms with Crippen molar-refractivity contribution in [3.8, 4) is 11.5 Å². The predicted molar refractivity (Wildman–Crippen MR) is 68.8 cm³/mol. The Morgan fingerprint density at radius 2 is 1.70 bits per heavy atom. The van der Waals surface area contributed by atoms with Crippen LogP contribution in [0.2, 0.25) is 0 Å². The highest BCUT2D eigenvalue weighted by Crippen LogP contribution is 2.43. The third-order valence-electron chi connectivity index (χ3n) is 3.86. The standard InChI is InChI=1S/C14H18F3NO2/c1-13(2)11(18-3)8-12(13)19-9-4-6-10(7-5-9)20-14(15,16)17/h4-7,11-12,18H,8H2,1-3H3. The van der Waals surface area contributed by atoms with Crippen molar-refractivity contribution in [3.05, 3.63) is 24.3 Å². The summed E-state index contributed by atoms with van der Waals surface area (Å²) in [5, 5.41) is 3.22. The van der Waals surface area contributed by atoms with Crippen molar-refractivity contribution in [3.63, 3.8) is 0 Å².